The number of anilines is 1. The van der Waals surface area contributed by atoms with Gasteiger partial charge in [0.15, 0.2) is 0 Å². The van der Waals surface area contributed by atoms with Crippen LogP contribution in [0.3, 0.4) is 0 Å². The van der Waals surface area contributed by atoms with Crippen molar-refractivity contribution in [3.63, 3.8) is 0 Å². The van der Waals surface area contributed by atoms with Crippen LogP contribution in [0.1, 0.15) is 41.5 Å². The lowest BCUT2D eigenvalue weighted by molar-refractivity contribution is -0.126. The number of thiophene rings is 1. The molecule has 4 aromatic rings. The molecule has 3 aromatic heterocycles. The van der Waals surface area contributed by atoms with Crippen LogP contribution in [-0.2, 0) is 34.3 Å². The topological polar surface area (TPSA) is 153 Å². The fraction of sp³-hybridized carbons (Fsp3) is 0.515. The number of alkyl halides is 3. The zero-order valence-electron chi connectivity index (χ0n) is 29.1. The number of rotatable bonds is 10. The number of aromatic nitrogens is 3. The molecule has 2 aliphatic rings. The average molecular weight is 800 g/mol. The molecule has 52 heavy (non-hydrogen) atoms. The van der Waals surface area contributed by atoms with E-state index < -0.39 is 34.6 Å². The van der Waals surface area contributed by atoms with Crippen molar-refractivity contribution in [2.75, 3.05) is 44.3 Å². The number of halogens is 3. The van der Waals surface area contributed by atoms with E-state index in [-0.39, 0.29) is 57.0 Å². The van der Waals surface area contributed by atoms with Gasteiger partial charge in [0.25, 0.3) is 0 Å². The SMILES string of the molecule is Cc1c(CN2CCC(Nc3ncnc4sc(CC(F)(F)F)cc34)CC2)ccc2c1cc(C#N)n2C[C@H](C)N1CCN(S(C)(=O)=O)[C@H](C(N)=O)C1.S.S. The van der Waals surface area contributed by atoms with Gasteiger partial charge in [-0.3, -0.25) is 14.6 Å². The van der Waals surface area contributed by atoms with Crippen molar-refractivity contribution >= 4 is 81.2 Å². The minimum atomic E-state index is -4.28. The Morgan fingerprint density at radius 2 is 1.85 bits per heavy atom. The van der Waals surface area contributed by atoms with E-state index in [2.05, 4.69) is 39.2 Å². The second kappa shape index (κ2) is 16.5. The second-order valence-corrected chi connectivity index (χ2v) is 16.4. The highest BCUT2D eigenvalue weighted by molar-refractivity contribution is 7.88. The number of likely N-dealkylation sites (tertiary alicyclic amines) is 1. The van der Waals surface area contributed by atoms with Crippen LogP contribution in [-0.4, -0.2) is 106 Å². The van der Waals surface area contributed by atoms with Crippen LogP contribution < -0.4 is 11.1 Å². The third-order valence-corrected chi connectivity index (χ3v) is 12.2. The summed E-state index contributed by atoms with van der Waals surface area (Å²) >= 11 is 1.04. The lowest BCUT2D eigenvalue weighted by Gasteiger charge is -2.41. The van der Waals surface area contributed by atoms with Crippen LogP contribution in [0.4, 0.5) is 19.0 Å². The molecule has 2 fully saturated rings. The van der Waals surface area contributed by atoms with Gasteiger partial charge in [-0.2, -0.15) is 49.7 Å². The summed E-state index contributed by atoms with van der Waals surface area (Å²) in [7, 11) is -3.59. The summed E-state index contributed by atoms with van der Waals surface area (Å²) in [6.45, 7) is 7.71. The Kier molecular flexibility index (Phi) is 13.2. The van der Waals surface area contributed by atoms with Crippen molar-refractivity contribution in [2.24, 2.45) is 5.73 Å². The molecule has 19 heteroatoms. The van der Waals surface area contributed by atoms with Crippen molar-refractivity contribution in [2.45, 2.75) is 70.5 Å². The first-order valence-electron chi connectivity index (χ1n) is 16.4. The van der Waals surface area contributed by atoms with E-state index in [9.17, 15) is 31.6 Å². The monoisotopic (exact) mass is 799 g/mol. The standard InChI is InChI=1S/C33H40F3N9O3S2.2H2S/c1-20(43-10-11-45(50(3,47)48)29(18-43)30(38)46)16-44-24(15-37)12-26-21(2)22(4-5-28(26)44)17-42-8-6-23(7-9-42)41-31-27-13-25(14-33(34,35)36)49-32(27)40-19-39-31;;/h4-5,12-13,19-20,23,29H,6-11,14,16-18H2,1-3H3,(H2,38,46)(H,39,40,41);2*1H2/t20-,29-;;/m0../s1. The molecule has 0 aliphatic carbocycles. The van der Waals surface area contributed by atoms with Gasteiger partial charge in [-0.15, -0.1) is 11.3 Å². The Morgan fingerprint density at radius 3 is 2.48 bits per heavy atom. The molecule has 1 amide bonds. The highest BCUT2D eigenvalue weighted by Gasteiger charge is 2.38. The fourth-order valence-electron chi connectivity index (χ4n) is 7.15. The Hall–Kier alpha value is -3.12. The highest BCUT2D eigenvalue weighted by atomic mass is 32.2. The van der Waals surface area contributed by atoms with Crippen LogP contribution >= 0.6 is 38.3 Å². The van der Waals surface area contributed by atoms with E-state index in [4.69, 9.17) is 5.73 Å². The first kappa shape index (κ1) is 41.6. The summed E-state index contributed by atoms with van der Waals surface area (Å²) in [6, 6.07) is 9.00. The molecule has 0 radical (unpaired) electrons. The Morgan fingerprint density at radius 1 is 1.13 bits per heavy atom. The number of piperidine rings is 1. The number of nitriles is 1. The molecule has 0 unspecified atom stereocenters. The predicted octanol–water partition coefficient (Wildman–Crippen LogP) is 4.05. The zero-order chi connectivity index (χ0) is 36.0. The normalized spacial score (nSPS) is 18.8. The molecule has 6 rings (SSSR count). The van der Waals surface area contributed by atoms with E-state index in [1.165, 1.54) is 12.4 Å². The number of nitrogens with one attached hydrogen (secondary N) is 1. The molecule has 3 N–H and O–H groups in total. The quantitative estimate of drug-likeness (QED) is 0.242. The van der Waals surface area contributed by atoms with Crippen molar-refractivity contribution in [3.05, 3.63) is 52.3 Å². The van der Waals surface area contributed by atoms with E-state index in [1.807, 2.05) is 28.5 Å². The zero-order valence-corrected chi connectivity index (χ0v) is 32.7. The molecule has 1 aromatic carbocycles. The molecule has 2 saturated heterocycles. The Labute approximate surface area is 319 Å². The summed E-state index contributed by atoms with van der Waals surface area (Å²) < 4.78 is 66.5. The van der Waals surface area contributed by atoms with Gasteiger partial charge in [-0.05, 0) is 56.0 Å². The minimum absolute atomic E-state index is 0. The number of benzene rings is 1. The molecule has 0 spiro atoms. The number of carbonyl (C=O) groups is 1. The lowest BCUT2D eigenvalue weighted by Crippen LogP contribution is -2.61. The first-order valence-corrected chi connectivity index (χ1v) is 19.1. The number of carbonyl (C=O) groups excluding carboxylic acids is 1. The molecule has 284 valence electrons. The van der Waals surface area contributed by atoms with Crippen LogP contribution in [0.25, 0.3) is 21.1 Å². The van der Waals surface area contributed by atoms with E-state index in [0.717, 1.165) is 76.4 Å². The van der Waals surface area contributed by atoms with E-state index in [1.54, 1.807) is 0 Å². The Balaban J connectivity index is 0.00000302. The molecular formula is C33H44F3N9O3S4. The average Bonchev–Trinajstić information content (AvgIpc) is 3.63. The van der Waals surface area contributed by atoms with Gasteiger partial charge in [-0.1, -0.05) is 6.07 Å². The maximum absolute atomic E-state index is 13.0. The van der Waals surface area contributed by atoms with Gasteiger partial charge in [0.05, 0.1) is 18.1 Å². The number of amides is 1. The van der Waals surface area contributed by atoms with Gasteiger partial charge >= 0.3 is 6.18 Å². The summed E-state index contributed by atoms with van der Waals surface area (Å²) in [5, 5.41) is 15.1. The molecule has 0 saturated carbocycles. The van der Waals surface area contributed by atoms with Crippen LogP contribution in [0.15, 0.2) is 30.6 Å². The van der Waals surface area contributed by atoms with Crippen molar-refractivity contribution < 1.29 is 26.4 Å². The number of nitrogens with two attached hydrogens (primary N) is 1. The van der Waals surface area contributed by atoms with Crippen LogP contribution in [0, 0.1) is 18.3 Å². The van der Waals surface area contributed by atoms with E-state index in [0.29, 0.717) is 34.8 Å². The Bertz CT molecular complexity index is 2060. The number of piperazine rings is 1. The van der Waals surface area contributed by atoms with Gasteiger partial charge in [0.2, 0.25) is 15.9 Å². The lowest BCUT2D eigenvalue weighted by atomic mass is 10.0. The predicted molar refractivity (Wildman–Crippen MR) is 207 cm³/mol. The largest absolute Gasteiger partial charge is 0.393 e. The third kappa shape index (κ3) is 9.14. The summed E-state index contributed by atoms with van der Waals surface area (Å²) in [5.41, 5.74) is 9.29. The number of primary amides is 1. The number of sulfonamides is 1. The number of aryl methyl sites for hydroxylation is 1. The van der Waals surface area contributed by atoms with Gasteiger partial charge in [-0.25, -0.2) is 18.4 Å². The fourth-order valence-corrected chi connectivity index (χ4v) is 9.23. The molecule has 5 heterocycles. The number of nitrogens with zero attached hydrogens (tertiary/aromatic N) is 7. The molecule has 2 atom stereocenters. The van der Waals surface area contributed by atoms with E-state index >= 15 is 0 Å². The van der Waals surface area contributed by atoms with Gasteiger partial charge in [0, 0.05) is 73.7 Å². The van der Waals surface area contributed by atoms with Crippen LogP contribution in [0.5, 0.6) is 0 Å². The highest BCUT2D eigenvalue weighted by Crippen LogP contribution is 2.34. The maximum atomic E-state index is 13.0. The van der Waals surface area contributed by atoms with Crippen molar-refractivity contribution in [1.29, 1.82) is 5.26 Å². The smallest absolute Gasteiger partial charge is 0.368 e. The van der Waals surface area contributed by atoms with Crippen molar-refractivity contribution in [3.8, 4) is 6.07 Å². The first-order chi connectivity index (χ1) is 23.6. The summed E-state index contributed by atoms with van der Waals surface area (Å²) in [6.07, 6.45) is -1.11. The molecule has 0 bridgehead atoms. The van der Waals surface area contributed by atoms with Crippen LogP contribution in [0.2, 0.25) is 0 Å². The molecule has 12 nitrogen and oxygen atoms in total. The second-order valence-electron chi connectivity index (χ2n) is 13.3. The summed E-state index contributed by atoms with van der Waals surface area (Å²) in [4.78, 5) is 25.8. The molecular weight excluding hydrogens is 756 g/mol. The van der Waals surface area contributed by atoms with Gasteiger partial charge < -0.3 is 15.6 Å². The maximum Gasteiger partial charge on any atom is 0.393 e. The number of fused-ring (bicyclic) bond motifs is 2. The number of hydrogen-bond donors (Lipinski definition) is 2. The number of hydrogen-bond acceptors (Lipinski definition) is 10. The summed E-state index contributed by atoms with van der Waals surface area (Å²) in [5.74, 6) is -0.123. The van der Waals surface area contributed by atoms with Crippen molar-refractivity contribution in [1.82, 2.24) is 28.6 Å². The molecule has 2 aliphatic heterocycles. The van der Waals surface area contributed by atoms with Gasteiger partial charge in [0.1, 0.15) is 34.8 Å². The minimum Gasteiger partial charge on any atom is -0.368 e. The third-order valence-electron chi connectivity index (χ3n) is 9.85.